The number of ether oxygens (including phenoxy) is 1. The summed E-state index contributed by atoms with van der Waals surface area (Å²) in [6.45, 7) is 7.78. The summed E-state index contributed by atoms with van der Waals surface area (Å²) < 4.78 is 5.74. The second-order valence-corrected chi connectivity index (χ2v) is 8.53. The number of piperazine rings is 1. The summed E-state index contributed by atoms with van der Waals surface area (Å²) in [5.41, 5.74) is 4.57. The lowest BCUT2D eigenvalue weighted by Gasteiger charge is -2.36. The highest BCUT2D eigenvalue weighted by atomic mass is 35.5. The molecular formula is C25H29ClN4O2. The van der Waals surface area contributed by atoms with Gasteiger partial charge in [-0.2, -0.15) is 5.10 Å². The summed E-state index contributed by atoms with van der Waals surface area (Å²) in [5.74, 6) is 0.835. The first kappa shape index (κ1) is 22.2. The molecule has 0 unspecified atom stereocenters. The molecule has 2 aromatic carbocycles. The zero-order chi connectivity index (χ0) is 22.5. The van der Waals surface area contributed by atoms with Crippen molar-refractivity contribution in [2.45, 2.75) is 26.7 Å². The number of H-pyrrole nitrogens is 1. The van der Waals surface area contributed by atoms with Crippen molar-refractivity contribution in [2.75, 3.05) is 37.7 Å². The molecular weight excluding hydrogens is 424 g/mol. The lowest BCUT2D eigenvalue weighted by Crippen LogP contribution is -2.49. The van der Waals surface area contributed by atoms with Crippen molar-refractivity contribution in [3.05, 3.63) is 64.8 Å². The van der Waals surface area contributed by atoms with E-state index in [4.69, 9.17) is 16.3 Å². The van der Waals surface area contributed by atoms with Gasteiger partial charge < -0.3 is 14.5 Å². The molecule has 0 saturated carbocycles. The molecule has 1 aliphatic heterocycles. The molecule has 1 fully saturated rings. The highest BCUT2D eigenvalue weighted by molar-refractivity contribution is 6.30. The summed E-state index contributed by atoms with van der Waals surface area (Å²) in [6.07, 6.45) is 3.76. The number of aryl methyl sites for hydroxylation is 1. The Balaban J connectivity index is 1.42. The third kappa shape index (κ3) is 4.91. The van der Waals surface area contributed by atoms with Gasteiger partial charge in [0.05, 0.1) is 24.1 Å². The van der Waals surface area contributed by atoms with E-state index in [1.165, 1.54) is 5.56 Å². The largest absolute Gasteiger partial charge is 0.494 e. The van der Waals surface area contributed by atoms with E-state index in [-0.39, 0.29) is 5.91 Å². The average Bonchev–Trinajstić information content (AvgIpc) is 3.31. The number of carbonyl (C=O) groups excluding carboxylic acids is 1. The quantitative estimate of drug-likeness (QED) is 0.502. The molecule has 2 heterocycles. The second kappa shape index (κ2) is 10.1. The zero-order valence-electron chi connectivity index (χ0n) is 18.6. The Morgan fingerprint density at radius 2 is 1.88 bits per heavy atom. The SMILES string of the molecule is CCCCOc1ccc(-c2[nH]ncc2C(=O)N2CCN(c3cc(Cl)ccc3C)CC2)cc1. The summed E-state index contributed by atoms with van der Waals surface area (Å²) in [7, 11) is 0. The molecule has 1 amide bonds. The van der Waals surface area contributed by atoms with E-state index in [0.29, 0.717) is 25.3 Å². The predicted octanol–water partition coefficient (Wildman–Crippen LogP) is 5.18. The Labute approximate surface area is 194 Å². The fourth-order valence-electron chi connectivity index (χ4n) is 3.96. The molecule has 1 aromatic heterocycles. The smallest absolute Gasteiger partial charge is 0.257 e. The highest BCUT2D eigenvalue weighted by Crippen LogP contribution is 2.27. The van der Waals surface area contributed by atoms with Crippen LogP contribution in [-0.2, 0) is 0 Å². The fourth-order valence-corrected chi connectivity index (χ4v) is 4.13. The van der Waals surface area contributed by atoms with Crippen molar-refractivity contribution < 1.29 is 9.53 Å². The van der Waals surface area contributed by atoms with Crippen LogP contribution in [0.2, 0.25) is 5.02 Å². The number of benzene rings is 2. The number of nitrogens with one attached hydrogen (secondary N) is 1. The number of anilines is 1. The molecule has 0 radical (unpaired) electrons. The number of halogens is 1. The van der Waals surface area contributed by atoms with E-state index in [9.17, 15) is 4.79 Å². The van der Waals surface area contributed by atoms with Gasteiger partial charge in [-0.15, -0.1) is 0 Å². The van der Waals surface area contributed by atoms with Gasteiger partial charge in [0, 0.05) is 42.5 Å². The Hall–Kier alpha value is -2.99. The summed E-state index contributed by atoms with van der Waals surface area (Å²) in [5, 5.41) is 7.88. The van der Waals surface area contributed by atoms with Crippen LogP contribution in [0.1, 0.15) is 35.7 Å². The van der Waals surface area contributed by atoms with E-state index in [1.807, 2.05) is 47.4 Å². The number of aromatic amines is 1. The number of aromatic nitrogens is 2. The first-order valence-corrected chi connectivity index (χ1v) is 11.5. The van der Waals surface area contributed by atoms with E-state index in [0.717, 1.165) is 53.6 Å². The third-order valence-electron chi connectivity index (χ3n) is 5.86. The van der Waals surface area contributed by atoms with Gasteiger partial charge in [0.2, 0.25) is 0 Å². The lowest BCUT2D eigenvalue weighted by molar-refractivity contribution is 0.0747. The topological polar surface area (TPSA) is 61.5 Å². The Morgan fingerprint density at radius 3 is 2.59 bits per heavy atom. The van der Waals surface area contributed by atoms with Crippen LogP contribution in [0, 0.1) is 6.92 Å². The Bertz CT molecular complexity index is 1060. The summed E-state index contributed by atoms with van der Waals surface area (Å²) in [6, 6.07) is 13.7. The van der Waals surface area contributed by atoms with E-state index in [2.05, 4.69) is 28.9 Å². The molecule has 0 bridgehead atoms. The van der Waals surface area contributed by atoms with Gasteiger partial charge in [0.15, 0.2) is 0 Å². The molecule has 4 rings (SSSR count). The maximum absolute atomic E-state index is 13.3. The minimum atomic E-state index is -0.000474. The summed E-state index contributed by atoms with van der Waals surface area (Å²) >= 11 is 6.19. The molecule has 1 N–H and O–H groups in total. The molecule has 0 spiro atoms. The van der Waals surface area contributed by atoms with Gasteiger partial charge in [0.25, 0.3) is 5.91 Å². The van der Waals surface area contributed by atoms with Crippen LogP contribution in [0.3, 0.4) is 0 Å². The molecule has 0 aliphatic carbocycles. The van der Waals surface area contributed by atoms with Crippen LogP contribution in [0.4, 0.5) is 5.69 Å². The van der Waals surface area contributed by atoms with Crippen molar-refractivity contribution >= 4 is 23.2 Å². The number of hydrogen-bond donors (Lipinski definition) is 1. The molecule has 32 heavy (non-hydrogen) atoms. The van der Waals surface area contributed by atoms with Gasteiger partial charge >= 0.3 is 0 Å². The monoisotopic (exact) mass is 452 g/mol. The average molecular weight is 453 g/mol. The maximum atomic E-state index is 13.3. The number of amides is 1. The fraction of sp³-hybridized carbons (Fsp3) is 0.360. The van der Waals surface area contributed by atoms with Gasteiger partial charge in [-0.05, 0) is 55.3 Å². The zero-order valence-corrected chi connectivity index (χ0v) is 19.4. The van der Waals surface area contributed by atoms with E-state index in [1.54, 1.807) is 6.20 Å². The molecule has 1 aliphatic rings. The molecule has 6 nitrogen and oxygen atoms in total. The van der Waals surface area contributed by atoms with Crippen LogP contribution < -0.4 is 9.64 Å². The van der Waals surface area contributed by atoms with Crippen molar-refractivity contribution in [3.8, 4) is 17.0 Å². The molecule has 1 saturated heterocycles. The Morgan fingerprint density at radius 1 is 1.12 bits per heavy atom. The standard InChI is InChI=1S/C25H29ClN4O2/c1-3-4-15-32-21-9-6-19(7-10-21)24-22(17-27-28-24)25(31)30-13-11-29(12-14-30)23-16-20(26)8-5-18(23)2/h5-10,16-17H,3-4,11-15H2,1-2H3,(H,27,28). The molecule has 3 aromatic rings. The van der Waals surface area contributed by atoms with Crippen LogP contribution in [0.25, 0.3) is 11.3 Å². The Kier molecular flexibility index (Phi) is 7.00. The predicted molar refractivity (Wildman–Crippen MR) is 129 cm³/mol. The number of unbranched alkanes of at least 4 members (excludes halogenated alkanes) is 1. The van der Waals surface area contributed by atoms with Crippen molar-refractivity contribution in [3.63, 3.8) is 0 Å². The van der Waals surface area contributed by atoms with Crippen LogP contribution in [0.5, 0.6) is 5.75 Å². The van der Waals surface area contributed by atoms with Gasteiger partial charge in [-0.3, -0.25) is 9.89 Å². The van der Waals surface area contributed by atoms with Gasteiger partial charge in [0.1, 0.15) is 5.75 Å². The first-order chi connectivity index (χ1) is 15.6. The number of rotatable bonds is 7. The number of carbonyl (C=O) groups is 1. The van der Waals surface area contributed by atoms with Crippen LogP contribution in [0.15, 0.2) is 48.7 Å². The minimum Gasteiger partial charge on any atom is -0.494 e. The normalized spacial score (nSPS) is 14.0. The molecule has 0 atom stereocenters. The third-order valence-corrected chi connectivity index (χ3v) is 6.09. The van der Waals surface area contributed by atoms with E-state index < -0.39 is 0 Å². The minimum absolute atomic E-state index is 0.000474. The van der Waals surface area contributed by atoms with Crippen molar-refractivity contribution in [2.24, 2.45) is 0 Å². The highest BCUT2D eigenvalue weighted by Gasteiger charge is 2.26. The lowest BCUT2D eigenvalue weighted by atomic mass is 10.1. The molecule has 7 heteroatoms. The summed E-state index contributed by atoms with van der Waals surface area (Å²) in [4.78, 5) is 17.4. The first-order valence-electron chi connectivity index (χ1n) is 11.1. The van der Waals surface area contributed by atoms with Crippen LogP contribution >= 0.6 is 11.6 Å². The second-order valence-electron chi connectivity index (χ2n) is 8.10. The maximum Gasteiger partial charge on any atom is 0.257 e. The van der Waals surface area contributed by atoms with Crippen LogP contribution in [-0.4, -0.2) is 53.8 Å². The van der Waals surface area contributed by atoms with Gasteiger partial charge in [-0.25, -0.2) is 0 Å². The number of nitrogens with zero attached hydrogens (tertiary/aromatic N) is 3. The van der Waals surface area contributed by atoms with Crippen molar-refractivity contribution in [1.29, 1.82) is 0 Å². The van der Waals surface area contributed by atoms with Crippen molar-refractivity contribution in [1.82, 2.24) is 15.1 Å². The molecule has 168 valence electrons. The van der Waals surface area contributed by atoms with E-state index >= 15 is 0 Å². The number of hydrogen-bond acceptors (Lipinski definition) is 4. The van der Waals surface area contributed by atoms with Gasteiger partial charge in [-0.1, -0.05) is 31.0 Å².